The molecule has 0 spiro atoms. The topological polar surface area (TPSA) is 94.6 Å². The molecule has 27 heavy (non-hydrogen) atoms. The molecule has 1 aromatic heterocycles. The molecule has 3 N–H and O–H groups in total. The molecule has 2 rings (SSSR count). The second-order valence-corrected chi connectivity index (χ2v) is 6.70. The third-order valence-electron chi connectivity index (χ3n) is 5.14. The quantitative estimate of drug-likeness (QED) is 0.668. The van der Waals surface area contributed by atoms with Crippen molar-refractivity contribution in [3.8, 4) is 5.75 Å². The number of nitrogens with two attached hydrogens (primary N) is 1. The van der Waals surface area contributed by atoms with Gasteiger partial charge in [-0.25, -0.2) is 4.79 Å². The summed E-state index contributed by atoms with van der Waals surface area (Å²) in [5, 5.41) is 3.72. The molecule has 0 aliphatic heterocycles. The number of methoxy groups -OCH3 is 1. The summed E-state index contributed by atoms with van der Waals surface area (Å²) in [6.45, 7) is 6.32. The molecule has 0 radical (unpaired) electrons. The predicted molar refractivity (Wildman–Crippen MR) is 110 cm³/mol. The SMILES string of the molecule is CCC(N)(CC)CNC(=O)CCc1c(C)c2ccc(OC)cc2oc1=O.Cl. The van der Waals surface area contributed by atoms with Gasteiger partial charge in [-0.2, -0.15) is 0 Å². The van der Waals surface area contributed by atoms with Crippen molar-refractivity contribution < 1.29 is 13.9 Å². The van der Waals surface area contributed by atoms with Crippen LogP contribution in [0.15, 0.2) is 27.4 Å². The Balaban J connectivity index is 0.00000364. The molecular formula is C20H29ClN2O4. The van der Waals surface area contributed by atoms with Gasteiger partial charge in [-0.3, -0.25) is 4.79 Å². The van der Waals surface area contributed by atoms with Gasteiger partial charge in [0.1, 0.15) is 11.3 Å². The monoisotopic (exact) mass is 396 g/mol. The lowest BCUT2D eigenvalue weighted by Crippen LogP contribution is -2.49. The van der Waals surface area contributed by atoms with Crippen molar-refractivity contribution in [2.45, 2.75) is 52.0 Å². The van der Waals surface area contributed by atoms with Crippen molar-refractivity contribution in [2.75, 3.05) is 13.7 Å². The highest BCUT2D eigenvalue weighted by molar-refractivity contribution is 5.85. The van der Waals surface area contributed by atoms with Crippen LogP contribution in [0.3, 0.4) is 0 Å². The van der Waals surface area contributed by atoms with E-state index in [1.165, 1.54) is 0 Å². The maximum atomic E-state index is 12.3. The average molecular weight is 397 g/mol. The largest absolute Gasteiger partial charge is 0.497 e. The highest BCUT2D eigenvalue weighted by atomic mass is 35.5. The number of carbonyl (C=O) groups is 1. The Morgan fingerprint density at radius 2 is 1.96 bits per heavy atom. The molecule has 1 amide bonds. The summed E-state index contributed by atoms with van der Waals surface area (Å²) in [6.07, 6.45) is 2.13. The van der Waals surface area contributed by atoms with Crippen LogP contribution in [0.4, 0.5) is 0 Å². The molecule has 0 saturated heterocycles. The number of rotatable bonds is 8. The van der Waals surface area contributed by atoms with Gasteiger partial charge in [-0.05, 0) is 43.9 Å². The molecule has 0 saturated carbocycles. The van der Waals surface area contributed by atoms with E-state index in [9.17, 15) is 9.59 Å². The van der Waals surface area contributed by atoms with Crippen LogP contribution in [-0.2, 0) is 11.2 Å². The highest BCUT2D eigenvalue weighted by Gasteiger charge is 2.21. The Morgan fingerprint density at radius 1 is 1.30 bits per heavy atom. The molecule has 7 heteroatoms. The van der Waals surface area contributed by atoms with Crippen molar-refractivity contribution >= 4 is 29.3 Å². The molecule has 0 bridgehead atoms. The molecule has 0 fully saturated rings. The summed E-state index contributed by atoms with van der Waals surface area (Å²) < 4.78 is 10.6. The average Bonchev–Trinajstić information content (AvgIpc) is 2.65. The van der Waals surface area contributed by atoms with Crippen LogP contribution in [0.5, 0.6) is 5.75 Å². The van der Waals surface area contributed by atoms with Crippen molar-refractivity contribution in [3.63, 3.8) is 0 Å². The van der Waals surface area contributed by atoms with Gasteiger partial charge in [0.25, 0.3) is 0 Å². The molecule has 0 atom stereocenters. The number of ether oxygens (including phenoxy) is 1. The fraction of sp³-hybridized carbons (Fsp3) is 0.500. The number of hydrogen-bond donors (Lipinski definition) is 2. The summed E-state index contributed by atoms with van der Waals surface area (Å²) >= 11 is 0. The summed E-state index contributed by atoms with van der Waals surface area (Å²) in [7, 11) is 1.56. The van der Waals surface area contributed by atoms with E-state index in [4.69, 9.17) is 14.9 Å². The van der Waals surface area contributed by atoms with E-state index in [0.29, 0.717) is 29.9 Å². The van der Waals surface area contributed by atoms with Crippen LogP contribution in [0.25, 0.3) is 11.0 Å². The first-order valence-electron chi connectivity index (χ1n) is 8.99. The van der Waals surface area contributed by atoms with Gasteiger partial charge in [0.15, 0.2) is 0 Å². The number of hydrogen-bond acceptors (Lipinski definition) is 5. The van der Waals surface area contributed by atoms with Gasteiger partial charge in [0.05, 0.1) is 7.11 Å². The van der Waals surface area contributed by atoms with Crippen LogP contribution in [0.2, 0.25) is 0 Å². The fourth-order valence-electron chi connectivity index (χ4n) is 2.89. The standard InChI is InChI=1S/C20H28N2O4.ClH/c1-5-20(21,6-2)12-22-18(23)10-9-16-13(3)15-8-7-14(25-4)11-17(15)26-19(16)24;/h7-8,11H,5-6,9-10,12,21H2,1-4H3,(H,22,23);1H. The number of carbonyl (C=O) groups excluding carboxylic acids is 1. The summed E-state index contributed by atoms with van der Waals surface area (Å²) in [6, 6.07) is 5.37. The molecule has 1 aromatic carbocycles. The number of nitrogens with one attached hydrogen (secondary N) is 1. The number of fused-ring (bicyclic) bond motifs is 1. The normalized spacial score (nSPS) is 11.1. The van der Waals surface area contributed by atoms with Gasteiger partial charge in [0.2, 0.25) is 5.91 Å². The molecule has 6 nitrogen and oxygen atoms in total. The van der Waals surface area contributed by atoms with E-state index >= 15 is 0 Å². The van der Waals surface area contributed by atoms with Crippen LogP contribution in [-0.4, -0.2) is 25.1 Å². The van der Waals surface area contributed by atoms with Crippen molar-refractivity contribution in [1.29, 1.82) is 0 Å². The first kappa shape index (κ1) is 23.0. The maximum absolute atomic E-state index is 12.3. The second kappa shape index (κ2) is 9.76. The van der Waals surface area contributed by atoms with Crippen molar-refractivity contribution in [1.82, 2.24) is 5.32 Å². The smallest absolute Gasteiger partial charge is 0.339 e. The molecule has 2 aromatic rings. The highest BCUT2D eigenvalue weighted by Crippen LogP contribution is 2.24. The minimum atomic E-state index is -0.411. The van der Waals surface area contributed by atoms with Gasteiger partial charge in [0, 0.05) is 35.5 Å². The third-order valence-corrected chi connectivity index (χ3v) is 5.14. The lowest BCUT2D eigenvalue weighted by atomic mass is 9.94. The molecule has 150 valence electrons. The molecule has 0 unspecified atom stereocenters. The van der Waals surface area contributed by atoms with Crippen LogP contribution >= 0.6 is 12.4 Å². The summed E-state index contributed by atoms with van der Waals surface area (Å²) in [4.78, 5) is 24.5. The Hall–Kier alpha value is -2.05. The minimum Gasteiger partial charge on any atom is -0.497 e. The molecule has 0 aliphatic carbocycles. The zero-order chi connectivity index (χ0) is 19.3. The van der Waals surface area contributed by atoms with E-state index in [0.717, 1.165) is 23.8 Å². The van der Waals surface area contributed by atoms with Gasteiger partial charge < -0.3 is 20.2 Å². The zero-order valence-electron chi connectivity index (χ0n) is 16.4. The van der Waals surface area contributed by atoms with Crippen LogP contribution in [0, 0.1) is 6.92 Å². The van der Waals surface area contributed by atoms with Gasteiger partial charge in [-0.15, -0.1) is 12.4 Å². The molecular weight excluding hydrogens is 368 g/mol. The molecule has 0 aliphatic rings. The van der Waals surface area contributed by atoms with Crippen molar-refractivity contribution in [2.24, 2.45) is 5.73 Å². The maximum Gasteiger partial charge on any atom is 0.339 e. The van der Waals surface area contributed by atoms with Gasteiger partial charge >= 0.3 is 5.63 Å². The van der Waals surface area contributed by atoms with E-state index in [1.807, 2.05) is 32.9 Å². The number of benzene rings is 1. The first-order chi connectivity index (χ1) is 12.3. The van der Waals surface area contributed by atoms with Crippen LogP contribution in [0.1, 0.15) is 44.2 Å². The molecule has 1 heterocycles. The van der Waals surface area contributed by atoms with Crippen LogP contribution < -0.4 is 21.4 Å². The van der Waals surface area contributed by atoms with E-state index in [1.54, 1.807) is 13.2 Å². The Kier molecular flexibility index (Phi) is 8.31. The second-order valence-electron chi connectivity index (χ2n) is 6.70. The Labute approximate surface area is 165 Å². The van der Waals surface area contributed by atoms with Gasteiger partial charge in [-0.1, -0.05) is 13.8 Å². The van der Waals surface area contributed by atoms with Crippen molar-refractivity contribution in [3.05, 3.63) is 39.7 Å². The van der Waals surface area contributed by atoms with E-state index < -0.39 is 5.63 Å². The lowest BCUT2D eigenvalue weighted by molar-refractivity contribution is -0.121. The lowest BCUT2D eigenvalue weighted by Gasteiger charge is -2.26. The summed E-state index contributed by atoms with van der Waals surface area (Å²) in [5.74, 6) is 0.514. The Morgan fingerprint density at radius 3 is 2.56 bits per heavy atom. The zero-order valence-corrected chi connectivity index (χ0v) is 17.2. The number of aryl methyl sites for hydroxylation is 1. The third kappa shape index (κ3) is 5.47. The van der Waals surface area contributed by atoms with E-state index in [2.05, 4.69) is 5.32 Å². The fourth-order valence-corrected chi connectivity index (χ4v) is 2.89. The number of amides is 1. The summed E-state index contributed by atoms with van der Waals surface area (Å²) in [5.41, 5.74) is 7.25. The predicted octanol–water partition coefficient (Wildman–Crippen LogP) is 3.10. The minimum absolute atomic E-state index is 0. The van der Waals surface area contributed by atoms with E-state index in [-0.39, 0.29) is 30.3 Å². The Bertz CT molecular complexity index is 844. The first-order valence-corrected chi connectivity index (χ1v) is 8.99. The number of halogens is 1.